The summed E-state index contributed by atoms with van der Waals surface area (Å²) in [4.78, 5) is 0. The number of aliphatic hydroxyl groups excluding tert-OH is 1. The van der Waals surface area contributed by atoms with Crippen molar-refractivity contribution in [2.75, 3.05) is 26.2 Å². The van der Waals surface area contributed by atoms with Crippen molar-refractivity contribution >= 4 is 0 Å². The maximum atomic E-state index is 10.8. The third-order valence-corrected chi connectivity index (χ3v) is 13.7. The lowest BCUT2D eigenvalue weighted by atomic mass is 9.43. The van der Waals surface area contributed by atoms with E-state index in [-0.39, 0.29) is 6.10 Å². The Balaban J connectivity index is 1.41. The molecule has 0 aromatic carbocycles. The number of unbranched alkanes of at least 4 members (excludes halogenated alkanes) is 1. The minimum absolute atomic E-state index is 0.0889. The second-order valence-electron chi connectivity index (χ2n) is 16.0. The number of nitrogens with two attached hydrogens (primary N) is 1. The predicted octanol–water partition coefficient (Wildman–Crippen LogP) is 7.39. The van der Waals surface area contributed by atoms with Crippen LogP contribution in [0.15, 0.2) is 0 Å². The van der Waals surface area contributed by atoms with Crippen LogP contribution < -0.4 is 16.4 Å². The van der Waals surface area contributed by atoms with E-state index in [1.807, 2.05) is 0 Å². The number of fused-ring (bicyclic) bond motifs is 5. The van der Waals surface area contributed by atoms with Crippen LogP contribution in [0.2, 0.25) is 0 Å². The molecule has 0 saturated heterocycles. The lowest BCUT2D eigenvalue weighted by Crippen LogP contribution is -2.61. The summed E-state index contributed by atoms with van der Waals surface area (Å²) in [7, 11) is 0. The Bertz CT molecular complexity index is 758. The van der Waals surface area contributed by atoms with E-state index >= 15 is 0 Å². The van der Waals surface area contributed by atoms with Crippen LogP contribution in [0.4, 0.5) is 0 Å². The molecule has 0 spiro atoms. The monoisotopic (exact) mass is 560 g/mol. The summed E-state index contributed by atoms with van der Waals surface area (Å²) in [6, 6.07) is 0.585. The second-order valence-corrected chi connectivity index (χ2v) is 16.0. The number of hydrogen-bond acceptors (Lipinski definition) is 4. The quantitative estimate of drug-likeness (QED) is 0.158. The number of aliphatic hydroxyl groups is 1. The van der Waals surface area contributed by atoms with E-state index in [1.165, 1.54) is 70.6 Å². The topological polar surface area (TPSA) is 70.3 Å². The molecule has 4 heteroatoms. The average Bonchev–Trinajstić information content (AvgIpc) is 3.28. The standard InChI is InChI=1S/C36H69N3O/c1-7-27(25(2)3)12-11-26(4)30-13-14-31-29-24-34(39-22-9-8-20-38-21-10-19-37)33-23-28(40)15-17-36(33,6)32(29)16-18-35(30,31)5/h25-34,38-40H,7-24,37H2,1-6H3/t26-,27?,28+,29+,30-,31+,32+,33-,34-,35-,36-/m1/s1. The SMILES string of the molecule is CCC(CC[C@@H](C)[C@H]1CC[C@H]2[C@@H]3C[C@@H](NCCCCNCCCN)[C@H]4C[C@@H](O)CC[C@]4(C)[C@H]3CC[C@]12C)C(C)C. The average molecular weight is 560 g/mol. The molecule has 4 aliphatic carbocycles. The highest BCUT2D eigenvalue weighted by Gasteiger charge is 2.62. The van der Waals surface area contributed by atoms with Crippen molar-refractivity contribution in [2.24, 2.45) is 63.9 Å². The van der Waals surface area contributed by atoms with Gasteiger partial charge in [-0.25, -0.2) is 0 Å². The highest BCUT2D eigenvalue weighted by Crippen LogP contribution is 2.68. The predicted molar refractivity (Wildman–Crippen MR) is 171 cm³/mol. The fourth-order valence-electron chi connectivity index (χ4n) is 11.2. The summed E-state index contributed by atoms with van der Waals surface area (Å²) >= 11 is 0. The molecule has 40 heavy (non-hydrogen) atoms. The Labute approximate surface area is 249 Å². The molecule has 5 N–H and O–H groups in total. The van der Waals surface area contributed by atoms with Gasteiger partial charge in [-0.2, -0.15) is 0 Å². The molecule has 4 rings (SSSR count). The van der Waals surface area contributed by atoms with Crippen molar-refractivity contribution in [3.05, 3.63) is 0 Å². The lowest BCUT2D eigenvalue weighted by molar-refractivity contribution is -0.141. The first-order chi connectivity index (χ1) is 19.2. The zero-order chi connectivity index (χ0) is 28.9. The van der Waals surface area contributed by atoms with Crippen LogP contribution in [0.3, 0.4) is 0 Å². The van der Waals surface area contributed by atoms with Crippen LogP contribution in [0.5, 0.6) is 0 Å². The molecule has 0 heterocycles. The highest BCUT2D eigenvalue weighted by atomic mass is 16.3. The van der Waals surface area contributed by atoms with E-state index in [1.54, 1.807) is 0 Å². The molecule has 0 aliphatic heterocycles. The van der Waals surface area contributed by atoms with Crippen LogP contribution >= 0.6 is 0 Å². The second kappa shape index (κ2) is 14.5. The van der Waals surface area contributed by atoms with Gasteiger partial charge in [-0.15, -0.1) is 0 Å². The third kappa shape index (κ3) is 6.97. The molecule has 234 valence electrons. The van der Waals surface area contributed by atoms with E-state index in [0.29, 0.717) is 22.8 Å². The van der Waals surface area contributed by atoms with Crippen LogP contribution in [0.25, 0.3) is 0 Å². The first kappa shape index (κ1) is 32.7. The third-order valence-electron chi connectivity index (χ3n) is 13.7. The Morgan fingerprint density at radius 3 is 2.25 bits per heavy atom. The van der Waals surface area contributed by atoms with Gasteiger partial charge in [0, 0.05) is 6.04 Å². The number of hydrogen-bond donors (Lipinski definition) is 4. The molecule has 0 aromatic rings. The van der Waals surface area contributed by atoms with Gasteiger partial charge in [0.25, 0.3) is 0 Å². The van der Waals surface area contributed by atoms with Gasteiger partial charge in [0.05, 0.1) is 6.10 Å². The summed E-state index contributed by atoms with van der Waals surface area (Å²) in [5.41, 5.74) is 6.57. The van der Waals surface area contributed by atoms with E-state index in [2.05, 4.69) is 52.2 Å². The Kier molecular flexibility index (Phi) is 11.9. The van der Waals surface area contributed by atoms with Crippen LogP contribution in [-0.2, 0) is 0 Å². The molecule has 11 atom stereocenters. The molecule has 1 unspecified atom stereocenters. The van der Waals surface area contributed by atoms with E-state index < -0.39 is 0 Å². The molecule has 0 bridgehead atoms. The van der Waals surface area contributed by atoms with Crippen molar-refractivity contribution in [1.82, 2.24) is 10.6 Å². The minimum atomic E-state index is -0.0889. The largest absolute Gasteiger partial charge is 0.393 e. The van der Waals surface area contributed by atoms with Crippen LogP contribution in [0, 0.1) is 58.2 Å². The Morgan fingerprint density at radius 2 is 1.52 bits per heavy atom. The number of nitrogens with one attached hydrogen (secondary N) is 2. The van der Waals surface area contributed by atoms with Gasteiger partial charge in [-0.1, -0.05) is 54.4 Å². The maximum Gasteiger partial charge on any atom is 0.0543 e. The van der Waals surface area contributed by atoms with Gasteiger partial charge in [-0.3, -0.25) is 0 Å². The summed E-state index contributed by atoms with van der Waals surface area (Å²) in [6.07, 6.45) is 18.1. The molecule has 4 nitrogen and oxygen atoms in total. The summed E-state index contributed by atoms with van der Waals surface area (Å²) < 4.78 is 0. The van der Waals surface area contributed by atoms with Crippen LogP contribution in [-0.4, -0.2) is 43.4 Å². The molecule has 0 aromatic heterocycles. The fourth-order valence-corrected chi connectivity index (χ4v) is 11.2. The molecule has 4 fully saturated rings. The maximum absolute atomic E-state index is 10.8. The smallest absolute Gasteiger partial charge is 0.0543 e. The van der Waals surface area contributed by atoms with Gasteiger partial charge in [0.15, 0.2) is 0 Å². The molecule has 0 radical (unpaired) electrons. The highest BCUT2D eigenvalue weighted by molar-refractivity contribution is 5.12. The van der Waals surface area contributed by atoms with E-state index in [9.17, 15) is 5.11 Å². The Hall–Kier alpha value is -0.160. The van der Waals surface area contributed by atoms with Crippen LogP contribution in [0.1, 0.15) is 131 Å². The molecule has 4 saturated carbocycles. The van der Waals surface area contributed by atoms with Crippen molar-refractivity contribution in [3.8, 4) is 0 Å². The van der Waals surface area contributed by atoms with Crippen molar-refractivity contribution in [3.63, 3.8) is 0 Å². The minimum Gasteiger partial charge on any atom is -0.393 e. The fraction of sp³-hybridized carbons (Fsp3) is 1.00. The first-order valence-electron chi connectivity index (χ1n) is 18.0. The number of rotatable bonds is 15. The van der Waals surface area contributed by atoms with Gasteiger partial charge >= 0.3 is 0 Å². The van der Waals surface area contributed by atoms with Crippen molar-refractivity contribution in [1.29, 1.82) is 0 Å². The van der Waals surface area contributed by atoms with Crippen molar-refractivity contribution < 1.29 is 5.11 Å². The van der Waals surface area contributed by atoms with E-state index in [0.717, 1.165) is 86.9 Å². The zero-order valence-electron chi connectivity index (χ0n) is 27.5. The van der Waals surface area contributed by atoms with E-state index in [4.69, 9.17) is 5.73 Å². The molecular weight excluding hydrogens is 490 g/mol. The van der Waals surface area contributed by atoms with Gasteiger partial charge < -0.3 is 21.5 Å². The van der Waals surface area contributed by atoms with Gasteiger partial charge in [0.1, 0.15) is 0 Å². The summed E-state index contributed by atoms with van der Waals surface area (Å²) in [5.74, 6) is 6.79. The summed E-state index contributed by atoms with van der Waals surface area (Å²) in [5, 5.41) is 18.4. The summed E-state index contributed by atoms with van der Waals surface area (Å²) in [6.45, 7) is 19.3. The van der Waals surface area contributed by atoms with Crippen molar-refractivity contribution in [2.45, 2.75) is 144 Å². The molecular formula is C36H69N3O. The molecule has 4 aliphatic rings. The van der Waals surface area contributed by atoms with Gasteiger partial charge in [0.2, 0.25) is 0 Å². The zero-order valence-corrected chi connectivity index (χ0v) is 27.5. The normalized spacial score (nSPS) is 40.9. The first-order valence-corrected chi connectivity index (χ1v) is 18.0. The molecule has 0 amide bonds. The Morgan fingerprint density at radius 1 is 0.825 bits per heavy atom. The lowest BCUT2D eigenvalue weighted by Gasteiger charge is -2.63. The van der Waals surface area contributed by atoms with Gasteiger partial charge in [-0.05, 0) is 161 Å².